The van der Waals surface area contributed by atoms with E-state index in [2.05, 4.69) is 15.3 Å². The van der Waals surface area contributed by atoms with Crippen LogP contribution in [-0.4, -0.2) is 15.9 Å². The first-order valence-corrected chi connectivity index (χ1v) is 7.61. The van der Waals surface area contributed by atoms with Crippen LogP contribution in [0.4, 0.5) is 4.39 Å². The minimum absolute atomic E-state index is 0.172. The average molecular weight is 342 g/mol. The van der Waals surface area contributed by atoms with Crippen LogP contribution in [0.25, 0.3) is 11.3 Å². The van der Waals surface area contributed by atoms with Crippen molar-refractivity contribution in [1.29, 1.82) is 0 Å². The van der Waals surface area contributed by atoms with E-state index in [1.54, 1.807) is 6.07 Å². The van der Waals surface area contributed by atoms with Crippen LogP contribution in [0.15, 0.2) is 60.9 Å². The van der Waals surface area contributed by atoms with Crippen LogP contribution in [0.3, 0.4) is 0 Å². The molecule has 2 aromatic carbocycles. The number of benzene rings is 2. The Morgan fingerprint density at radius 1 is 1.08 bits per heavy atom. The first-order chi connectivity index (χ1) is 11.6. The molecule has 3 rings (SSSR count). The SMILES string of the molecule is O=C(NCc1ccccc1)c1cc(-c2ccc(Cl)cc2F)ncn1. The molecular formula is C18H13ClFN3O. The van der Waals surface area contributed by atoms with E-state index in [0.29, 0.717) is 17.3 Å². The maximum Gasteiger partial charge on any atom is 0.270 e. The van der Waals surface area contributed by atoms with Crippen molar-refractivity contribution >= 4 is 17.5 Å². The van der Waals surface area contributed by atoms with Crippen LogP contribution >= 0.6 is 11.6 Å². The number of carbonyl (C=O) groups is 1. The molecule has 0 aliphatic carbocycles. The monoisotopic (exact) mass is 341 g/mol. The lowest BCUT2D eigenvalue weighted by molar-refractivity contribution is 0.0946. The van der Waals surface area contributed by atoms with E-state index in [0.717, 1.165) is 5.56 Å². The minimum atomic E-state index is -0.503. The van der Waals surface area contributed by atoms with Crippen LogP contribution in [0.5, 0.6) is 0 Å². The van der Waals surface area contributed by atoms with E-state index in [1.807, 2.05) is 30.3 Å². The van der Waals surface area contributed by atoms with Crippen molar-refractivity contribution in [2.45, 2.75) is 6.54 Å². The zero-order valence-corrected chi connectivity index (χ0v) is 13.3. The maximum absolute atomic E-state index is 14.0. The highest BCUT2D eigenvalue weighted by atomic mass is 35.5. The highest BCUT2D eigenvalue weighted by Crippen LogP contribution is 2.23. The molecule has 24 heavy (non-hydrogen) atoms. The van der Waals surface area contributed by atoms with Gasteiger partial charge in [0.1, 0.15) is 17.8 Å². The summed E-state index contributed by atoms with van der Waals surface area (Å²) < 4.78 is 14.0. The van der Waals surface area contributed by atoms with Gasteiger partial charge in [-0.25, -0.2) is 14.4 Å². The molecule has 0 bridgehead atoms. The highest BCUT2D eigenvalue weighted by Gasteiger charge is 2.12. The number of hydrogen-bond acceptors (Lipinski definition) is 3. The summed E-state index contributed by atoms with van der Waals surface area (Å²) in [6.45, 7) is 0.383. The van der Waals surface area contributed by atoms with Gasteiger partial charge in [-0.1, -0.05) is 41.9 Å². The largest absolute Gasteiger partial charge is 0.347 e. The molecule has 1 aromatic heterocycles. The van der Waals surface area contributed by atoms with Crippen LogP contribution < -0.4 is 5.32 Å². The van der Waals surface area contributed by atoms with Gasteiger partial charge in [0, 0.05) is 17.1 Å². The third-order valence-electron chi connectivity index (χ3n) is 3.40. The Morgan fingerprint density at radius 3 is 2.62 bits per heavy atom. The molecule has 1 amide bonds. The smallest absolute Gasteiger partial charge is 0.270 e. The number of nitrogens with zero attached hydrogens (tertiary/aromatic N) is 2. The van der Waals surface area contributed by atoms with Gasteiger partial charge in [0.15, 0.2) is 0 Å². The van der Waals surface area contributed by atoms with Crippen molar-refractivity contribution in [3.63, 3.8) is 0 Å². The Morgan fingerprint density at radius 2 is 1.88 bits per heavy atom. The first-order valence-electron chi connectivity index (χ1n) is 7.23. The van der Waals surface area contributed by atoms with Crippen LogP contribution in [0, 0.1) is 5.82 Å². The van der Waals surface area contributed by atoms with E-state index in [9.17, 15) is 9.18 Å². The third kappa shape index (κ3) is 3.75. The van der Waals surface area contributed by atoms with Gasteiger partial charge in [-0.3, -0.25) is 4.79 Å². The molecule has 0 radical (unpaired) electrons. The Hall–Kier alpha value is -2.79. The van der Waals surface area contributed by atoms with Gasteiger partial charge in [-0.2, -0.15) is 0 Å². The molecule has 0 spiro atoms. The molecule has 120 valence electrons. The summed E-state index contributed by atoms with van der Waals surface area (Å²) in [5.74, 6) is -0.853. The zero-order chi connectivity index (χ0) is 16.9. The van der Waals surface area contributed by atoms with Crippen LogP contribution in [-0.2, 0) is 6.54 Å². The molecule has 0 aliphatic rings. The Bertz CT molecular complexity index is 871. The topological polar surface area (TPSA) is 54.9 Å². The highest BCUT2D eigenvalue weighted by molar-refractivity contribution is 6.30. The fraction of sp³-hybridized carbons (Fsp3) is 0.0556. The number of nitrogens with one attached hydrogen (secondary N) is 1. The maximum atomic E-state index is 14.0. The molecule has 0 fully saturated rings. The van der Waals surface area contributed by atoms with Gasteiger partial charge in [-0.15, -0.1) is 0 Å². The lowest BCUT2D eigenvalue weighted by Crippen LogP contribution is -2.23. The first kappa shape index (κ1) is 16.1. The third-order valence-corrected chi connectivity index (χ3v) is 3.64. The second-order valence-electron chi connectivity index (χ2n) is 5.08. The molecule has 1 N–H and O–H groups in total. The lowest BCUT2D eigenvalue weighted by atomic mass is 10.1. The van der Waals surface area contributed by atoms with Crippen molar-refractivity contribution in [1.82, 2.24) is 15.3 Å². The quantitative estimate of drug-likeness (QED) is 0.783. The summed E-state index contributed by atoms with van der Waals surface area (Å²) in [7, 11) is 0. The van der Waals surface area contributed by atoms with Crippen molar-refractivity contribution in [2.24, 2.45) is 0 Å². The molecule has 1 heterocycles. The van der Waals surface area contributed by atoms with Gasteiger partial charge in [-0.05, 0) is 29.8 Å². The van der Waals surface area contributed by atoms with Gasteiger partial charge >= 0.3 is 0 Å². The predicted octanol–water partition coefficient (Wildman–Crippen LogP) is 3.87. The lowest BCUT2D eigenvalue weighted by Gasteiger charge is -2.07. The normalized spacial score (nSPS) is 10.4. The van der Waals surface area contributed by atoms with Crippen molar-refractivity contribution in [3.05, 3.63) is 83.0 Å². The van der Waals surface area contributed by atoms with E-state index >= 15 is 0 Å². The van der Waals surface area contributed by atoms with Crippen LogP contribution in [0.1, 0.15) is 16.1 Å². The molecule has 6 heteroatoms. The fourth-order valence-electron chi connectivity index (χ4n) is 2.19. The molecule has 0 saturated carbocycles. The number of aromatic nitrogens is 2. The van der Waals surface area contributed by atoms with Crippen molar-refractivity contribution in [3.8, 4) is 11.3 Å². The summed E-state index contributed by atoms with van der Waals surface area (Å²) in [6, 6.07) is 15.3. The molecule has 0 saturated heterocycles. The average Bonchev–Trinajstić information content (AvgIpc) is 2.60. The summed E-state index contributed by atoms with van der Waals surface area (Å²) in [5.41, 5.74) is 1.73. The Kier molecular flexibility index (Phi) is 4.82. The van der Waals surface area contributed by atoms with Gasteiger partial charge in [0.05, 0.1) is 5.69 Å². The second kappa shape index (κ2) is 7.19. The van der Waals surface area contributed by atoms with Crippen molar-refractivity contribution < 1.29 is 9.18 Å². The second-order valence-corrected chi connectivity index (χ2v) is 5.52. The Balaban J connectivity index is 1.78. The molecular weight excluding hydrogens is 329 g/mol. The minimum Gasteiger partial charge on any atom is -0.347 e. The predicted molar refractivity (Wildman–Crippen MR) is 90.0 cm³/mol. The summed E-state index contributed by atoms with van der Waals surface area (Å²) in [5, 5.41) is 3.07. The van der Waals surface area contributed by atoms with E-state index in [1.165, 1.54) is 24.5 Å². The summed E-state index contributed by atoms with van der Waals surface area (Å²) >= 11 is 5.75. The van der Waals surface area contributed by atoms with E-state index < -0.39 is 5.82 Å². The fourth-order valence-corrected chi connectivity index (χ4v) is 2.35. The number of hydrogen-bond donors (Lipinski definition) is 1. The van der Waals surface area contributed by atoms with Crippen LogP contribution in [0.2, 0.25) is 5.02 Å². The molecule has 0 atom stereocenters. The number of amides is 1. The number of carbonyl (C=O) groups excluding carboxylic acids is 1. The summed E-state index contributed by atoms with van der Waals surface area (Å²) in [6.07, 6.45) is 1.24. The van der Waals surface area contributed by atoms with Crippen molar-refractivity contribution in [2.75, 3.05) is 0 Å². The van der Waals surface area contributed by atoms with Gasteiger partial charge in [0.2, 0.25) is 0 Å². The molecule has 3 aromatic rings. The number of halogens is 2. The van der Waals surface area contributed by atoms with E-state index in [-0.39, 0.29) is 17.2 Å². The van der Waals surface area contributed by atoms with Gasteiger partial charge in [0.25, 0.3) is 5.91 Å². The zero-order valence-electron chi connectivity index (χ0n) is 12.5. The Labute approximate surface area is 143 Å². The van der Waals surface area contributed by atoms with E-state index in [4.69, 9.17) is 11.6 Å². The summed E-state index contributed by atoms with van der Waals surface area (Å²) in [4.78, 5) is 20.2. The molecule has 0 aliphatic heterocycles. The molecule has 0 unspecified atom stereocenters. The van der Waals surface area contributed by atoms with Gasteiger partial charge < -0.3 is 5.32 Å². The number of rotatable bonds is 4. The standard InChI is InChI=1S/C18H13ClFN3O/c19-13-6-7-14(15(20)8-13)16-9-17(23-11-22-16)18(24)21-10-12-4-2-1-3-5-12/h1-9,11H,10H2,(H,21,24). The molecule has 4 nitrogen and oxygen atoms in total.